The number of halogens is 1. The van der Waals surface area contributed by atoms with Gasteiger partial charge in [-0.1, -0.05) is 13.8 Å². The van der Waals surface area contributed by atoms with Crippen LogP contribution in [-0.4, -0.2) is 29.1 Å². The molecule has 0 spiro atoms. The highest BCUT2D eigenvalue weighted by atomic mass is 19.1. The van der Waals surface area contributed by atoms with Gasteiger partial charge in [-0.15, -0.1) is 0 Å². The minimum absolute atomic E-state index is 0.00320. The number of rotatable bonds is 4. The number of hydrogen-bond donors (Lipinski definition) is 1. The van der Waals surface area contributed by atoms with Crippen molar-refractivity contribution < 1.29 is 18.7 Å². The van der Waals surface area contributed by atoms with Gasteiger partial charge in [0.15, 0.2) is 0 Å². The van der Waals surface area contributed by atoms with Crippen molar-refractivity contribution in [2.24, 2.45) is 5.92 Å². The van der Waals surface area contributed by atoms with E-state index in [9.17, 15) is 14.0 Å². The molecule has 3 rings (SSSR count). The van der Waals surface area contributed by atoms with Crippen molar-refractivity contribution in [3.8, 4) is 0 Å². The summed E-state index contributed by atoms with van der Waals surface area (Å²) in [7, 11) is 0. The van der Waals surface area contributed by atoms with Gasteiger partial charge in [-0.25, -0.2) is 9.18 Å². The second-order valence-electron chi connectivity index (χ2n) is 9.16. The Morgan fingerprint density at radius 1 is 1.13 bits per heavy atom. The van der Waals surface area contributed by atoms with Gasteiger partial charge in [0.1, 0.15) is 11.4 Å². The number of aryl methyl sites for hydroxylation is 1. The van der Waals surface area contributed by atoms with Gasteiger partial charge in [-0.05, 0) is 75.9 Å². The Hall–Kier alpha value is -2.96. The minimum atomic E-state index is -0.580. The van der Waals surface area contributed by atoms with Gasteiger partial charge in [0.05, 0.1) is 23.0 Å². The van der Waals surface area contributed by atoms with Crippen LogP contribution in [0.4, 0.5) is 20.6 Å². The molecule has 1 aromatic heterocycles. The van der Waals surface area contributed by atoms with Gasteiger partial charge < -0.3 is 10.1 Å². The van der Waals surface area contributed by atoms with Crippen LogP contribution in [0.5, 0.6) is 0 Å². The van der Waals surface area contributed by atoms with E-state index in [-0.39, 0.29) is 17.6 Å². The zero-order valence-corrected chi connectivity index (χ0v) is 18.7. The summed E-state index contributed by atoms with van der Waals surface area (Å²) in [5, 5.41) is 2.85. The van der Waals surface area contributed by atoms with E-state index in [1.54, 1.807) is 11.0 Å². The smallest absolute Gasteiger partial charge is 0.414 e. The number of aromatic nitrogens is 1. The number of anilines is 2. The molecule has 2 aromatic rings. The van der Waals surface area contributed by atoms with Crippen LogP contribution in [0.1, 0.15) is 58.3 Å². The Bertz CT molecular complexity index is 952. The first-order valence-electron chi connectivity index (χ1n) is 10.6. The number of nitrogens with zero attached hydrogens (tertiary/aromatic N) is 2. The van der Waals surface area contributed by atoms with Gasteiger partial charge >= 0.3 is 6.09 Å². The number of carbonyl (C=O) groups excluding carboxylic acids is 2. The number of benzene rings is 1. The van der Waals surface area contributed by atoms with Gasteiger partial charge in [-0.2, -0.15) is 0 Å². The average Bonchev–Trinajstić information content (AvgIpc) is 2.67. The van der Waals surface area contributed by atoms with Crippen LogP contribution in [0.3, 0.4) is 0 Å². The Kier molecular flexibility index (Phi) is 6.62. The van der Waals surface area contributed by atoms with E-state index in [1.165, 1.54) is 24.3 Å². The van der Waals surface area contributed by atoms with Crippen molar-refractivity contribution in [3.05, 3.63) is 53.6 Å². The molecule has 31 heavy (non-hydrogen) atoms. The molecule has 0 radical (unpaired) electrons. The highest BCUT2D eigenvalue weighted by Crippen LogP contribution is 2.32. The summed E-state index contributed by atoms with van der Waals surface area (Å²) in [5.74, 6) is -1.04. The Balaban J connectivity index is 1.85. The maximum Gasteiger partial charge on any atom is 0.414 e. The summed E-state index contributed by atoms with van der Waals surface area (Å²) in [6.45, 7) is 10.0. The first-order valence-corrected chi connectivity index (χ1v) is 10.6. The van der Waals surface area contributed by atoms with Crippen LogP contribution in [0.25, 0.3) is 0 Å². The van der Waals surface area contributed by atoms with E-state index in [4.69, 9.17) is 9.72 Å². The molecule has 0 fully saturated rings. The number of ether oxygens (including phenoxy) is 1. The van der Waals surface area contributed by atoms with Crippen molar-refractivity contribution in [1.29, 1.82) is 0 Å². The number of fused-ring (bicyclic) bond motifs is 1. The van der Waals surface area contributed by atoms with Crippen molar-refractivity contribution in [2.75, 3.05) is 16.8 Å². The summed E-state index contributed by atoms with van der Waals surface area (Å²) in [6, 6.07) is 9.33. The molecule has 1 aromatic carbocycles. The highest BCUT2D eigenvalue weighted by Gasteiger charge is 2.31. The fraction of sp³-hybridized carbons (Fsp3) is 0.458. The lowest BCUT2D eigenvalue weighted by Gasteiger charge is -2.32. The molecule has 1 aliphatic rings. The molecular formula is C24H30FN3O3. The van der Waals surface area contributed by atoms with Crippen molar-refractivity contribution >= 4 is 23.4 Å². The number of hydrogen-bond acceptors (Lipinski definition) is 4. The SMILES string of the molecule is CC(C)C(C(=O)Nc1ccc(F)cc1)c1ccc2c(n1)CCCN2C(=O)OC(C)(C)C. The van der Waals surface area contributed by atoms with E-state index in [0.717, 1.165) is 24.2 Å². The third-order valence-corrected chi connectivity index (χ3v) is 5.05. The second-order valence-corrected chi connectivity index (χ2v) is 9.16. The number of carbonyl (C=O) groups is 2. The second kappa shape index (κ2) is 9.04. The maximum absolute atomic E-state index is 13.2. The first-order chi connectivity index (χ1) is 14.5. The Morgan fingerprint density at radius 2 is 1.81 bits per heavy atom. The third-order valence-electron chi connectivity index (χ3n) is 5.05. The lowest BCUT2D eigenvalue weighted by atomic mass is 9.90. The van der Waals surface area contributed by atoms with Crippen LogP contribution in [-0.2, 0) is 16.0 Å². The van der Waals surface area contributed by atoms with Crippen LogP contribution in [0.2, 0.25) is 0 Å². The maximum atomic E-state index is 13.2. The Morgan fingerprint density at radius 3 is 2.42 bits per heavy atom. The molecule has 0 aliphatic carbocycles. The summed E-state index contributed by atoms with van der Waals surface area (Å²) in [4.78, 5) is 32.0. The van der Waals surface area contributed by atoms with Gasteiger partial charge in [0.25, 0.3) is 0 Å². The molecule has 0 saturated heterocycles. The molecule has 7 heteroatoms. The standard InChI is InChI=1S/C24H30FN3O3/c1-15(2)21(22(29)26-17-10-8-16(25)9-11-17)19-12-13-20-18(27-19)7-6-14-28(20)23(30)31-24(3,4)5/h8-13,15,21H,6-7,14H2,1-5H3,(H,26,29). The molecule has 2 heterocycles. The monoisotopic (exact) mass is 427 g/mol. The van der Waals surface area contributed by atoms with Crippen LogP contribution in [0.15, 0.2) is 36.4 Å². The zero-order valence-electron chi connectivity index (χ0n) is 18.7. The van der Waals surface area contributed by atoms with Crippen molar-refractivity contribution in [2.45, 2.75) is 59.0 Å². The van der Waals surface area contributed by atoms with Gasteiger partial charge in [0.2, 0.25) is 5.91 Å². The van der Waals surface area contributed by atoms with E-state index in [2.05, 4.69) is 5.32 Å². The average molecular weight is 428 g/mol. The largest absolute Gasteiger partial charge is 0.443 e. The molecular weight excluding hydrogens is 397 g/mol. The van der Waals surface area contributed by atoms with Crippen molar-refractivity contribution in [1.82, 2.24) is 4.98 Å². The minimum Gasteiger partial charge on any atom is -0.443 e. The summed E-state index contributed by atoms with van der Waals surface area (Å²) in [6.07, 6.45) is 1.11. The molecule has 6 nitrogen and oxygen atoms in total. The summed E-state index contributed by atoms with van der Waals surface area (Å²) >= 11 is 0. The highest BCUT2D eigenvalue weighted by molar-refractivity contribution is 5.96. The topological polar surface area (TPSA) is 71.5 Å². The quantitative estimate of drug-likeness (QED) is 0.720. The molecule has 1 unspecified atom stereocenters. The van der Waals surface area contributed by atoms with E-state index in [0.29, 0.717) is 17.9 Å². The number of pyridine rings is 1. The molecule has 2 amide bonds. The molecule has 1 atom stereocenters. The fourth-order valence-corrected chi connectivity index (χ4v) is 3.68. The zero-order chi connectivity index (χ0) is 22.8. The van der Waals surface area contributed by atoms with Crippen molar-refractivity contribution in [3.63, 3.8) is 0 Å². The normalized spacial score (nSPS) is 14.7. The van der Waals surface area contributed by atoms with Crippen LogP contribution in [0, 0.1) is 11.7 Å². The van der Waals surface area contributed by atoms with E-state index >= 15 is 0 Å². The predicted octanol–water partition coefficient (Wildman–Crippen LogP) is 5.29. The molecule has 1 aliphatic heterocycles. The lowest BCUT2D eigenvalue weighted by molar-refractivity contribution is -0.118. The first kappa shape index (κ1) is 22.7. The lowest BCUT2D eigenvalue weighted by Crippen LogP contribution is -2.40. The fourth-order valence-electron chi connectivity index (χ4n) is 3.68. The van der Waals surface area contributed by atoms with E-state index in [1.807, 2.05) is 40.7 Å². The van der Waals surface area contributed by atoms with Gasteiger partial charge in [-0.3, -0.25) is 14.7 Å². The summed E-state index contributed by atoms with van der Waals surface area (Å²) < 4.78 is 18.7. The predicted molar refractivity (Wildman–Crippen MR) is 119 cm³/mol. The Labute approximate surface area is 182 Å². The van der Waals surface area contributed by atoms with Crippen LogP contribution >= 0.6 is 0 Å². The number of nitrogens with one attached hydrogen (secondary N) is 1. The number of amides is 2. The molecule has 0 bridgehead atoms. The van der Waals surface area contributed by atoms with Crippen LogP contribution < -0.4 is 10.2 Å². The van der Waals surface area contributed by atoms with E-state index < -0.39 is 17.6 Å². The molecule has 166 valence electrons. The molecule has 0 saturated carbocycles. The summed E-state index contributed by atoms with van der Waals surface area (Å²) in [5.41, 5.74) is 2.12. The molecule has 1 N–H and O–H groups in total. The third kappa shape index (κ3) is 5.60. The van der Waals surface area contributed by atoms with Gasteiger partial charge in [0, 0.05) is 12.2 Å².